The summed E-state index contributed by atoms with van der Waals surface area (Å²) in [5.74, 6) is 0.912. The standard InChI is InChI=1S/C45H57NO9/c1-45(2,3)54-44(47)55-46-22-21-41(38-17-19-40(20-18-38)50-25-9-23-48-31-34-10-5-4-6-11-34)42(30-46)53-33-36-14-16-37-15-13-35(28-39(37)29-36)32-49-26-27-52-43-12-7-8-24-51-43/h4-6,10-11,13-20,28-29,41-43H,7-9,12,21-27,30-33H2,1-3H3. The van der Waals surface area contributed by atoms with Crippen LogP contribution < -0.4 is 4.74 Å². The van der Waals surface area contributed by atoms with Crippen molar-refractivity contribution in [3.05, 3.63) is 113 Å². The Balaban J connectivity index is 1.03. The highest BCUT2D eigenvalue weighted by atomic mass is 16.8. The lowest BCUT2D eigenvalue weighted by molar-refractivity contribution is -0.179. The summed E-state index contributed by atoms with van der Waals surface area (Å²) in [6, 6.07) is 31.2. The first-order valence-corrected chi connectivity index (χ1v) is 19.7. The van der Waals surface area contributed by atoms with Crippen molar-refractivity contribution in [3.8, 4) is 5.75 Å². The SMILES string of the molecule is CC(C)(C)OC(=O)ON1CCC(c2ccc(OCCCOCc3ccccc3)cc2)C(OCc2ccc3ccc(COCCOC4CCCCO4)cc3c2)C1. The maximum Gasteiger partial charge on any atom is 0.528 e. The Hall–Kier alpha value is -4.03. The molecule has 2 heterocycles. The molecule has 2 aliphatic heterocycles. The summed E-state index contributed by atoms with van der Waals surface area (Å²) in [4.78, 5) is 18.2. The third-order valence-electron chi connectivity index (χ3n) is 9.61. The first-order chi connectivity index (χ1) is 26.8. The molecule has 0 aliphatic carbocycles. The Morgan fingerprint density at radius 1 is 0.745 bits per heavy atom. The smallest absolute Gasteiger partial charge is 0.494 e. The second kappa shape index (κ2) is 20.8. The molecule has 4 aromatic rings. The quantitative estimate of drug-likeness (QED) is 0.0723. The average Bonchev–Trinajstić information content (AvgIpc) is 3.18. The number of hydrogen-bond donors (Lipinski definition) is 0. The minimum absolute atomic E-state index is 0.0942. The van der Waals surface area contributed by atoms with Crippen molar-refractivity contribution in [3.63, 3.8) is 0 Å². The monoisotopic (exact) mass is 755 g/mol. The van der Waals surface area contributed by atoms with Crippen LogP contribution in [0.5, 0.6) is 5.75 Å². The van der Waals surface area contributed by atoms with Crippen LogP contribution >= 0.6 is 0 Å². The summed E-state index contributed by atoms with van der Waals surface area (Å²) in [5.41, 5.74) is 3.84. The Morgan fingerprint density at radius 2 is 1.49 bits per heavy atom. The molecule has 0 N–H and O–H groups in total. The molecule has 3 atom stereocenters. The van der Waals surface area contributed by atoms with Crippen molar-refractivity contribution in [2.45, 2.75) is 96.6 Å². The van der Waals surface area contributed by atoms with Crippen molar-refractivity contribution < 1.29 is 42.8 Å². The van der Waals surface area contributed by atoms with Crippen LogP contribution in [0.3, 0.4) is 0 Å². The molecule has 4 aromatic carbocycles. The highest BCUT2D eigenvalue weighted by molar-refractivity contribution is 5.83. The average molecular weight is 756 g/mol. The van der Waals surface area contributed by atoms with E-state index >= 15 is 0 Å². The van der Waals surface area contributed by atoms with Gasteiger partial charge in [0.1, 0.15) is 11.4 Å². The third kappa shape index (κ3) is 13.6. The molecule has 2 fully saturated rings. The van der Waals surface area contributed by atoms with Crippen molar-refractivity contribution in [2.24, 2.45) is 0 Å². The summed E-state index contributed by atoms with van der Waals surface area (Å²) >= 11 is 0. The van der Waals surface area contributed by atoms with Gasteiger partial charge in [-0.05, 0) is 104 Å². The fraction of sp³-hybridized carbons (Fsp3) is 0.489. The van der Waals surface area contributed by atoms with Crippen LogP contribution in [0, 0.1) is 0 Å². The Bertz CT molecular complexity index is 1740. The molecule has 10 nitrogen and oxygen atoms in total. The molecule has 0 spiro atoms. The molecule has 0 saturated carbocycles. The van der Waals surface area contributed by atoms with Crippen molar-refractivity contribution in [1.82, 2.24) is 5.06 Å². The first kappa shape index (κ1) is 40.6. The number of ether oxygens (including phenoxy) is 7. The van der Waals surface area contributed by atoms with E-state index in [1.165, 1.54) is 5.56 Å². The fourth-order valence-corrected chi connectivity index (χ4v) is 6.82. The number of hydrogen-bond acceptors (Lipinski definition) is 10. The second-order valence-corrected chi connectivity index (χ2v) is 15.2. The predicted octanol–water partition coefficient (Wildman–Crippen LogP) is 9.13. The highest BCUT2D eigenvalue weighted by Gasteiger charge is 2.34. The minimum atomic E-state index is -0.711. The molecular formula is C45H57NO9. The number of benzene rings is 4. The number of carbonyl (C=O) groups excluding carboxylic acids is 1. The van der Waals surface area contributed by atoms with Gasteiger partial charge in [-0.3, -0.25) is 0 Å². The van der Waals surface area contributed by atoms with E-state index in [1.807, 2.05) is 51.1 Å². The lowest BCUT2D eigenvalue weighted by Gasteiger charge is -2.37. The molecule has 296 valence electrons. The first-order valence-electron chi connectivity index (χ1n) is 19.7. The summed E-state index contributed by atoms with van der Waals surface area (Å²) in [6.45, 7) is 11.0. The van der Waals surface area contributed by atoms with Crippen LogP contribution in [0.2, 0.25) is 0 Å². The van der Waals surface area contributed by atoms with E-state index in [-0.39, 0.29) is 18.3 Å². The fourth-order valence-electron chi connectivity index (χ4n) is 6.82. The number of rotatable bonds is 18. The molecule has 0 aromatic heterocycles. The molecule has 2 saturated heterocycles. The van der Waals surface area contributed by atoms with Gasteiger partial charge in [-0.25, -0.2) is 4.79 Å². The van der Waals surface area contributed by atoms with Gasteiger partial charge in [0, 0.05) is 25.5 Å². The van der Waals surface area contributed by atoms with E-state index in [2.05, 4.69) is 60.7 Å². The van der Waals surface area contributed by atoms with Gasteiger partial charge in [0.25, 0.3) is 0 Å². The Kier molecular flexibility index (Phi) is 15.3. The zero-order valence-electron chi connectivity index (χ0n) is 32.6. The third-order valence-corrected chi connectivity index (χ3v) is 9.61. The van der Waals surface area contributed by atoms with Crippen molar-refractivity contribution in [2.75, 3.05) is 46.1 Å². The largest absolute Gasteiger partial charge is 0.528 e. The molecular weight excluding hydrogens is 698 g/mol. The summed E-state index contributed by atoms with van der Waals surface area (Å²) in [5, 5.41) is 3.94. The van der Waals surface area contributed by atoms with E-state index in [9.17, 15) is 4.79 Å². The maximum atomic E-state index is 12.6. The van der Waals surface area contributed by atoms with Crippen molar-refractivity contribution in [1.29, 1.82) is 0 Å². The summed E-state index contributed by atoms with van der Waals surface area (Å²) < 4.78 is 41.3. The summed E-state index contributed by atoms with van der Waals surface area (Å²) in [7, 11) is 0. The Labute approximate surface area is 325 Å². The van der Waals surface area contributed by atoms with E-state index in [0.29, 0.717) is 59.3 Å². The lowest BCUT2D eigenvalue weighted by Crippen LogP contribution is -2.45. The number of carbonyl (C=O) groups is 1. The number of nitrogens with zero attached hydrogens (tertiary/aromatic N) is 1. The van der Waals surface area contributed by atoms with Crippen LogP contribution in [0.1, 0.15) is 81.0 Å². The molecule has 0 amide bonds. The molecule has 0 radical (unpaired) electrons. The second-order valence-electron chi connectivity index (χ2n) is 15.2. The van der Waals surface area contributed by atoms with Crippen LogP contribution in [0.15, 0.2) is 91.0 Å². The number of piperidine rings is 1. The minimum Gasteiger partial charge on any atom is -0.494 e. The Morgan fingerprint density at radius 3 is 2.24 bits per heavy atom. The number of fused-ring (bicyclic) bond motifs is 1. The molecule has 0 bridgehead atoms. The van der Waals surface area contributed by atoms with Gasteiger partial charge in [-0.15, -0.1) is 5.06 Å². The van der Waals surface area contributed by atoms with Crippen LogP contribution in [0.25, 0.3) is 10.8 Å². The van der Waals surface area contributed by atoms with Gasteiger partial charge in [0.05, 0.1) is 58.9 Å². The van der Waals surface area contributed by atoms with E-state index in [0.717, 1.165) is 71.9 Å². The zero-order chi connectivity index (χ0) is 38.3. The van der Waals surface area contributed by atoms with E-state index in [1.54, 1.807) is 5.06 Å². The predicted molar refractivity (Wildman–Crippen MR) is 211 cm³/mol. The van der Waals surface area contributed by atoms with E-state index < -0.39 is 11.8 Å². The van der Waals surface area contributed by atoms with Crippen LogP contribution in [0.4, 0.5) is 4.79 Å². The van der Waals surface area contributed by atoms with Gasteiger partial charge in [-0.1, -0.05) is 66.7 Å². The van der Waals surface area contributed by atoms with Gasteiger partial charge in [0.2, 0.25) is 0 Å². The molecule has 55 heavy (non-hydrogen) atoms. The van der Waals surface area contributed by atoms with Gasteiger partial charge in [-0.2, -0.15) is 0 Å². The van der Waals surface area contributed by atoms with Crippen LogP contribution in [-0.4, -0.2) is 75.3 Å². The zero-order valence-corrected chi connectivity index (χ0v) is 32.6. The maximum absolute atomic E-state index is 12.6. The van der Waals surface area contributed by atoms with Crippen molar-refractivity contribution >= 4 is 16.9 Å². The van der Waals surface area contributed by atoms with Gasteiger partial charge in [0.15, 0.2) is 6.29 Å². The lowest BCUT2D eigenvalue weighted by atomic mass is 9.87. The molecule has 3 unspecified atom stereocenters. The molecule has 6 rings (SSSR count). The highest BCUT2D eigenvalue weighted by Crippen LogP contribution is 2.33. The van der Waals surface area contributed by atoms with Crippen LogP contribution in [-0.2, 0) is 53.1 Å². The normalized spacial score (nSPS) is 19.3. The molecule has 10 heteroatoms. The summed E-state index contributed by atoms with van der Waals surface area (Å²) in [6.07, 6.45) is 3.70. The van der Waals surface area contributed by atoms with E-state index in [4.69, 9.17) is 38.0 Å². The van der Waals surface area contributed by atoms with Gasteiger partial charge >= 0.3 is 6.16 Å². The van der Waals surface area contributed by atoms with Gasteiger partial charge < -0.3 is 38.0 Å². The molecule has 2 aliphatic rings. The number of hydroxylamine groups is 2. The topological polar surface area (TPSA) is 94.2 Å².